The van der Waals surface area contributed by atoms with Gasteiger partial charge in [-0.25, -0.2) is 8.42 Å². The van der Waals surface area contributed by atoms with Crippen LogP contribution < -0.4 is 0 Å². The van der Waals surface area contributed by atoms with E-state index in [0.29, 0.717) is 22.3 Å². The van der Waals surface area contributed by atoms with Crippen LogP contribution in [0.15, 0.2) is 29.2 Å². The number of ketones is 1. The molecule has 0 amide bonds. The first-order valence-electron chi connectivity index (χ1n) is 10.0. The molecule has 1 aromatic rings. The van der Waals surface area contributed by atoms with E-state index >= 15 is 0 Å². The van der Waals surface area contributed by atoms with Crippen LogP contribution in [0.4, 0.5) is 0 Å². The Kier molecular flexibility index (Phi) is 6.38. The minimum Gasteiger partial charge on any atom is -0.311 e. The fraction of sp³-hybridized carbons (Fsp3) is 0.667. The topological polar surface area (TPSA) is 51.2 Å². The second-order valence-electron chi connectivity index (χ2n) is 8.27. The van der Waals surface area contributed by atoms with E-state index in [4.69, 9.17) is 0 Å². The fourth-order valence-corrected chi connectivity index (χ4v) is 6.77. The van der Waals surface area contributed by atoms with Crippen LogP contribution in [0.3, 0.4) is 0 Å². The normalized spacial score (nSPS) is 31.7. The van der Waals surface area contributed by atoms with Crippen molar-refractivity contribution in [3.8, 4) is 0 Å². The summed E-state index contributed by atoms with van der Waals surface area (Å²) in [6.45, 7) is 3.08. The monoisotopic (exact) mass is 410 g/mol. The third-order valence-corrected chi connectivity index (χ3v) is 9.10. The molecule has 0 spiro atoms. The molecule has 6 heteroatoms. The molecule has 2 fully saturated rings. The Hall–Kier alpha value is -0.850. The molecule has 1 aromatic carbocycles. The average molecular weight is 411 g/mol. The van der Waals surface area contributed by atoms with Gasteiger partial charge in [0.25, 0.3) is 0 Å². The summed E-state index contributed by atoms with van der Waals surface area (Å²) in [6, 6.07) is 7.64. The van der Waals surface area contributed by atoms with Gasteiger partial charge in [0.15, 0.2) is 15.6 Å². The van der Waals surface area contributed by atoms with Crippen LogP contribution in [0.1, 0.15) is 57.1 Å². The lowest BCUT2D eigenvalue weighted by Gasteiger charge is -2.49. The molecule has 150 valence electrons. The standard InChI is InChI=1S/C21H32NO3S2/c1-4-22(2)19(16-10-12-18(13-11-16)27(3,24)25)8-5-9-20(22)21(23)15-17-7-6-14-26-17/h10-13,17,19-20H,4-9,14-15H2,1-3H3/q+1. The van der Waals surface area contributed by atoms with E-state index in [1.165, 1.54) is 24.9 Å². The summed E-state index contributed by atoms with van der Waals surface area (Å²) in [5.74, 6) is 1.62. The van der Waals surface area contributed by atoms with E-state index < -0.39 is 9.84 Å². The van der Waals surface area contributed by atoms with Crippen molar-refractivity contribution in [2.24, 2.45) is 0 Å². The molecule has 2 aliphatic rings. The number of hydrogen-bond acceptors (Lipinski definition) is 4. The van der Waals surface area contributed by atoms with Crippen molar-refractivity contribution in [3.63, 3.8) is 0 Å². The molecule has 0 saturated carbocycles. The second kappa shape index (κ2) is 8.26. The van der Waals surface area contributed by atoms with Crippen molar-refractivity contribution in [1.29, 1.82) is 0 Å². The minimum absolute atomic E-state index is 0.0598. The maximum absolute atomic E-state index is 13.2. The van der Waals surface area contributed by atoms with E-state index in [-0.39, 0.29) is 12.1 Å². The van der Waals surface area contributed by atoms with Crippen LogP contribution in [0, 0.1) is 0 Å². The highest BCUT2D eigenvalue weighted by atomic mass is 32.2. The van der Waals surface area contributed by atoms with Gasteiger partial charge in [-0.3, -0.25) is 4.79 Å². The summed E-state index contributed by atoms with van der Waals surface area (Å²) in [5.41, 5.74) is 1.15. The van der Waals surface area contributed by atoms with Gasteiger partial charge in [0.2, 0.25) is 0 Å². The van der Waals surface area contributed by atoms with Crippen molar-refractivity contribution in [3.05, 3.63) is 29.8 Å². The molecule has 3 rings (SSSR count). The molecule has 2 aliphatic heterocycles. The molecule has 0 bridgehead atoms. The molecule has 27 heavy (non-hydrogen) atoms. The number of carbonyl (C=O) groups excluding carboxylic acids is 1. The molecular formula is C21H32NO3S2+. The number of benzene rings is 1. The van der Waals surface area contributed by atoms with E-state index in [1.54, 1.807) is 12.1 Å². The van der Waals surface area contributed by atoms with Crippen LogP contribution in [0.5, 0.6) is 0 Å². The van der Waals surface area contributed by atoms with E-state index in [2.05, 4.69) is 14.0 Å². The lowest BCUT2D eigenvalue weighted by Crippen LogP contribution is -2.59. The van der Waals surface area contributed by atoms with Gasteiger partial charge < -0.3 is 4.48 Å². The third-order valence-electron chi connectivity index (χ3n) is 6.58. The number of likely N-dealkylation sites (N-methyl/N-ethyl adjacent to an activating group) is 1. The quantitative estimate of drug-likeness (QED) is 0.665. The molecule has 0 aromatic heterocycles. The molecule has 2 saturated heterocycles. The predicted octanol–water partition coefficient (Wildman–Crippen LogP) is 4.01. The number of rotatable bonds is 6. The Labute approximate surface area is 168 Å². The van der Waals surface area contributed by atoms with Crippen molar-refractivity contribution in [2.45, 2.75) is 67.7 Å². The van der Waals surface area contributed by atoms with Gasteiger partial charge >= 0.3 is 0 Å². The Morgan fingerprint density at radius 2 is 1.85 bits per heavy atom. The van der Waals surface area contributed by atoms with Gasteiger partial charge in [-0.15, -0.1) is 0 Å². The maximum Gasteiger partial charge on any atom is 0.191 e. The van der Waals surface area contributed by atoms with Gasteiger partial charge in [-0.2, -0.15) is 11.8 Å². The van der Waals surface area contributed by atoms with Crippen LogP contribution in [-0.2, 0) is 14.6 Å². The first-order valence-corrected chi connectivity index (χ1v) is 13.0. The highest BCUT2D eigenvalue weighted by Crippen LogP contribution is 2.41. The number of piperidine rings is 1. The van der Waals surface area contributed by atoms with E-state index in [9.17, 15) is 13.2 Å². The first-order chi connectivity index (χ1) is 12.8. The van der Waals surface area contributed by atoms with Crippen molar-refractivity contribution in [1.82, 2.24) is 0 Å². The van der Waals surface area contributed by atoms with Crippen LogP contribution >= 0.6 is 11.8 Å². The zero-order chi connectivity index (χ0) is 19.7. The second-order valence-corrected chi connectivity index (χ2v) is 11.7. The summed E-state index contributed by atoms with van der Waals surface area (Å²) in [5, 5.41) is 0.511. The molecule has 0 aliphatic carbocycles. The van der Waals surface area contributed by atoms with Gasteiger partial charge in [-0.05, 0) is 44.1 Å². The lowest BCUT2D eigenvalue weighted by molar-refractivity contribution is -0.957. The Balaban J connectivity index is 1.83. The Bertz CT molecular complexity index is 769. The Morgan fingerprint density at radius 1 is 1.15 bits per heavy atom. The number of carbonyl (C=O) groups is 1. The van der Waals surface area contributed by atoms with Crippen LogP contribution in [0.2, 0.25) is 0 Å². The molecular weight excluding hydrogens is 378 g/mol. The number of nitrogens with zero attached hydrogens (tertiary/aromatic N) is 1. The number of sulfone groups is 1. The van der Waals surface area contributed by atoms with Gasteiger partial charge in [-0.1, -0.05) is 12.1 Å². The lowest BCUT2D eigenvalue weighted by atomic mass is 9.85. The first kappa shape index (κ1) is 20.9. The summed E-state index contributed by atoms with van der Waals surface area (Å²) in [4.78, 5) is 13.5. The number of thioether (sulfide) groups is 1. The number of Topliss-reactive ketones (excluding diaryl/α,β-unsaturated/α-hetero) is 1. The van der Waals surface area contributed by atoms with Crippen LogP contribution in [-0.4, -0.2) is 55.6 Å². The van der Waals surface area contributed by atoms with E-state index in [0.717, 1.165) is 35.9 Å². The number of quaternary nitrogens is 1. The van der Waals surface area contributed by atoms with Crippen LogP contribution in [0.25, 0.3) is 0 Å². The zero-order valence-corrected chi connectivity index (χ0v) is 18.3. The smallest absolute Gasteiger partial charge is 0.191 e. The highest BCUT2D eigenvalue weighted by molar-refractivity contribution is 8.00. The third kappa shape index (κ3) is 4.43. The molecule has 0 radical (unpaired) electrons. The predicted molar refractivity (Wildman–Crippen MR) is 112 cm³/mol. The maximum atomic E-state index is 13.2. The zero-order valence-electron chi connectivity index (χ0n) is 16.7. The molecule has 2 heterocycles. The molecule has 0 N–H and O–H groups in total. The average Bonchev–Trinajstić information content (AvgIpc) is 3.14. The van der Waals surface area contributed by atoms with Crippen molar-refractivity contribution in [2.75, 3.05) is 25.6 Å². The molecule has 4 unspecified atom stereocenters. The number of likely N-dealkylation sites (tertiary alicyclic amines) is 1. The SMILES string of the molecule is CC[N+]1(C)C(C(=O)CC2CCCS2)CCCC1c1ccc(S(C)(=O)=O)cc1. The highest BCUT2D eigenvalue weighted by Gasteiger charge is 2.46. The largest absolute Gasteiger partial charge is 0.311 e. The molecule has 4 nitrogen and oxygen atoms in total. The number of hydrogen-bond donors (Lipinski definition) is 0. The van der Waals surface area contributed by atoms with Gasteiger partial charge in [0, 0.05) is 36.3 Å². The Morgan fingerprint density at radius 3 is 2.41 bits per heavy atom. The van der Waals surface area contributed by atoms with E-state index in [1.807, 2.05) is 23.9 Å². The summed E-state index contributed by atoms with van der Waals surface area (Å²) in [6.07, 6.45) is 7.44. The van der Waals surface area contributed by atoms with Crippen molar-refractivity contribution < 1.29 is 17.7 Å². The molecule has 4 atom stereocenters. The van der Waals surface area contributed by atoms with Crippen molar-refractivity contribution >= 4 is 27.4 Å². The van der Waals surface area contributed by atoms with Gasteiger partial charge in [0.05, 0.1) is 18.5 Å². The van der Waals surface area contributed by atoms with Gasteiger partial charge in [0.1, 0.15) is 12.1 Å². The fourth-order valence-electron chi connectivity index (χ4n) is 4.85. The summed E-state index contributed by atoms with van der Waals surface area (Å²) < 4.78 is 24.3. The summed E-state index contributed by atoms with van der Waals surface area (Å²) >= 11 is 1.96. The summed E-state index contributed by atoms with van der Waals surface area (Å²) in [7, 11) is -0.963. The minimum atomic E-state index is -3.18.